The number of urea groups is 1. The molecule has 2 aromatic carbocycles. The summed E-state index contributed by atoms with van der Waals surface area (Å²) in [6, 6.07) is 18.6. The molecule has 1 aliphatic heterocycles. The van der Waals surface area contributed by atoms with Crippen molar-refractivity contribution in [2.75, 3.05) is 7.11 Å². The van der Waals surface area contributed by atoms with Crippen LogP contribution < -0.4 is 10.1 Å². The van der Waals surface area contributed by atoms with Crippen LogP contribution in [-0.2, 0) is 22.7 Å². The number of carbonyl (C=O) groups is 3. The molecule has 0 atom stereocenters. The molecule has 0 radical (unpaired) electrons. The van der Waals surface area contributed by atoms with Gasteiger partial charge in [0.1, 0.15) is 23.8 Å². The maximum absolute atomic E-state index is 12.8. The first kappa shape index (κ1) is 22.4. The number of carbonyl (C=O) groups excluding carboxylic acids is 3. The summed E-state index contributed by atoms with van der Waals surface area (Å²) in [7, 11) is 1.23. The Kier molecular flexibility index (Phi) is 6.41. The van der Waals surface area contributed by atoms with Gasteiger partial charge in [0.15, 0.2) is 0 Å². The molecule has 34 heavy (non-hydrogen) atoms. The van der Waals surface area contributed by atoms with Crippen molar-refractivity contribution in [3.05, 3.63) is 94.6 Å². The maximum Gasteiger partial charge on any atom is 0.373 e. The maximum atomic E-state index is 12.8. The van der Waals surface area contributed by atoms with Crippen LogP contribution in [-0.4, -0.2) is 29.9 Å². The van der Waals surface area contributed by atoms with Crippen LogP contribution in [0.4, 0.5) is 4.79 Å². The zero-order valence-electron chi connectivity index (χ0n) is 18.1. The van der Waals surface area contributed by atoms with E-state index in [-0.39, 0.29) is 30.4 Å². The van der Waals surface area contributed by atoms with Crippen LogP contribution in [0.15, 0.2) is 70.8 Å². The standard InChI is InChI=1S/C25H19N3O6/c1-32-24(30)22-10-9-20(34-22)14-28-23(29)21(27-25(28)31)12-16-5-4-8-19(11-16)33-15-18-7-3-2-6-17(18)13-26/h2-12H,14-15H2,1H3,(H,27,31)/b21-12-. The SMILES string of the molecule is COC(=O)c1ccc(CN2C(=O)N/C(=C\c3cccc(OCc4ccccc4C#N)c3)C2=O)o1. The first-order valence-corrected chi connectivity index (χ1v) is 10.2. The Morgan fingerprint density at radius 1 is 1.15 bits per heavy atom. The number of rotatable bonds is 7. The van der Waals surface area contributed by atoms with Gasteiger partial charge in [0.25, 0.3) is 5.91 Å². The number of nitrogens with zero attached hydrogens (tertiary/aromatic N) is 2. The van der Waals surface area contributed by atoms with E-state index in [0.717, 1.165) is 10.5 Å². The van der Waals surface area contributed by atoms with Crippen molar-refractivity contribution in [3.63, 3.8) is 0 Å². The quantitative estimate of drug-likeness (QED) is 0.327. The normalized spacial score (nSPS) is 14.1. The number of hydrogen-bond acceptors (Lipinski definition) is 7. The van der Waals surface area contributed by atoms with Crippen molar-refractivity contribution in [1.29, 1.82) is 5.26 Å². The molecule has 9 heteroatoms. The minimum absolute atomic E-state index is 0.0190. The highest BCUT2D eigenvalue weighted by molar-refractivity contribution is 6.13. The molecule has 3 aromatic rings. The lowest BCUT2D eigenvalue weighted by molar-refractivity contribution is -0.123. The first-order valence-electron chi connectivity index (χ1n) is 10.2. The Morgan fingerprint density at radius 2 is 1.97 bits per heavy atom. The summed E-state index contributed by atoms with van der Waals surface area (Å²) < 4.78 is 15.7. The van der Waals surface area contributed by atoms with Gasteiger partial charge in [0.2, 0.25) is 5.76 Å². The van der Waals surface area contributed by atoms with Crippen molar-refractivity contribution in [1.82, 2.24) is 10.2 Å². The molecular weight excluding hydrogens is 438 g/mol. The molecule has 2 heterocycles. The Balaban J connectivity index is 1.45. The summed E-state index contributed by atoms with van der Waals surface area (Å²) in [6.07, 6.45) is 1.54. The van der Waals surface area contributed by atoms with Gasteiger partial charge in [-0.15, -0.1) is 0 Å². The minimum Gasteiger partial charge on any atom is -0.489 e. The Bertz CT molecular complexity index is 1330. The van der Waals surface area contributed by atoms with E-state index < -0.39 is 17.9 Å². The van der Waals surface area contributed by atoms with Crippen LogP contribution in [0.25, 0.3) is 6.08 Å². The van der Waals surface area contributed by atoms with Crippen molar-refractivity contribution in [2.24, 2.45) is 0 Å². The van der Waals surface area contributed by atoms with Crippen LogP contribution in [0.5, 0.6) is 5.75 Å². The molecule has 1 aliphatic rings. The number of nitriles is 1. The average Bonchev–Trinajstić information content (AvgIpc) is 3.43. The van der Waals surface area contributed by atoms with E-state index in [0.29, 0.717) is 16.9 Å². The zero-order chi connectivity index (χ0) is 24.1. The number of benzene rings is 2. The van der Waals surface area contributed by atoms with E-state index in [9.17, 15) is 19.6 Å². The molecule has 9 nitrogen and oxygen atoms in total. The van der Waals surface area contributed by atoms with E-state index >= 15 is 0 Å². The predicted molar refractivity (Wildman–Crippen MR) is 119 cm³/mol. The lowest BCUT2D eigenvalue weighted by Crippen LogP contribution is -2.30. The Morgan fingerprint density at radius 3 is 2.76 bits per heavy atom. The largest absolute Gasteiger partial charge is 0.489 e. The summed E-state index contributed by atoms with van der Waals surface area (Å²) in [5, 5.41) is 11.8. The highest BCUT2D eigenvalue weighted by atomic mass is 16.5. The summed E-state index contributed by atoms with van der Waals surface area (Å²) in [4.78, 5) is 37.6. The van der Waals surface area contributed by atoms with E-state index in [2.05, 4.69) is 16.1 Å². The predicted octanol–water partition coefficient (Wildman–Crippen LogP) is 3.61. The minimum atomic E-state index is -0.651. The number of ether oxygens (including phenoxy) is 2. The number of imide groups is 1. The van der Waals surface area contributed by atoms with Gasteiger partial charge in [0, 0.05) is 5.56 Å². The number of nitrogens with one attached hydrogen (secondary N) is 1. The fraction of sp³-hybridized carbons (Fsp3) is 0.120. The molecule has 1 N–H and O–H groups in total. The summed E-state index contributed by atoms with van der Waals surface area (Å²) in [6.45, 7) is 0.0738. The molecule has 1 saturated heterocycles. The van der Waals surface area contributed by atoms with Crippen LogP contribution in [0.2, 0.25) is 0 Å². The van der Waals surface area contributed by atoms with Gasteiger partial charge in [-0.25, -0.2) is 9.59 Å². The molecule has 0 unspecified atom stereocenters. The average molecular weight is 457 g/mol. The lowest BCUT2D eigenvalue weighted by atomic mass is 10.1. The van der Waals surface area contributed by atoms with E-state index in [4.69, 9.17) is 9.15 Å². The van der Waals surface area contributed by atoms with Crippen molar-refractivity contribution in [2.45, 2.75) is 13.2 Å². The second-order valence-corrected chi connectivity index (χ2v) is 7.27. The number of furan rings is 1. The smallest absolute Gasteiger partial charge is 0.373 e. The number of esters is 1. The van der Waals surface area contributed by atoms with Crippen LogP contribution in [0.3, 0.4) is 0 Å². The fourth-order valence-corrected chi connectivity index (χ4v) is 3.32. The van der Waals surface area contributed by atoms with E-state index in [1.54, 1.807) is 42.5 Å². The van der Waals surface area contributed by atoms with E-state index in [1.807, 2.05) is 12.1 Å². The Labute approximate surface area is 194 Å². The van der Waals surface area contributed by atoms with Gasteiger partial charge in [0.05, 0.1) is 25.3 Å². The van der Waals surface area contributed by atoms with Gasteiger partial charge >= 0.3 is 12.0 Å². The number of amides is 3. The molecule has 0 bridgehead atoms. The van der Waals surface area contributed by atoms with Crippen LogP contribution in [0.1, 0.15) is 33.0 Å². The third-order valence-corrected chi connectivity index (χ3v) is 5.03. The molecule has 1 aromatic heterocycles. The van der Waals surface area contributed by atoms with Crippen LogP contribution in [0, 0.1) is 11.3 Å². The molecule has 0 saturated carbocycles. The second-order valence-electron chi connectivity index (χ2n) is 7.27. The highest BCUT2D eigenvalue weighted by Crippen LogP contribution is 2.21. The van der Waals surface area contributed by atoms with Gasteiger partial charge in [-0.1, -0.05) is 30.3 Å². The monoisotopic (exact) mass is 457 g/mol. The van der Waals surface area contributed by atoms with Gasteiger partial charge in [-0.3, -0.25) is 9.69 Å². The lowest BCUT2D eigenvalue weighted by Gasteiger charge is -2.09. The summed E-state index contributed by atoms with van der Waals surface area (Å²) >= 11 is 0. The Hall–Kier alpha value is -4.84. The van der Waals surface area contributed by atoms with Crippen molar-refractivity contribution < 1.29 is 28.3 Å². The third-order valence-electron chi connectivity index (χ3n) is 5.03. The van der Waals surface area contributed by atoms with Gasteiger partial charge in [-0.2, -0.15) is 5.26 Å². The third kappa shape index (κ3) is 4.81. The molecule has 3 amide bonds. The number of methoxy groups -OCH3 is 1. The molecular formula is C25H19N3O6. The van der Waals surface area contributed by atoms with E-state index in [1.165, 1.54) is 19.2 Å². The molecule has 1 fully saturated rings. The topological polar surface area (TPSA) is 122 Å². The number of hydrogen-bond donors (Lipinski definition) is 1. The van der Waals surface area contributed by atoms with Gasteiger partial charge < -0.3 is 19.2 Å². The molecule has 4 rings (SSSR count). The molecule has 0 spiro atoms. The summed E-state index contributed by atoms with van der Waals surface area (Å²) in [5.41, 5.74) is 2.03. The zero-order valence-corrected chi connectivity index (χ0v) is 18.1. The summed E-state index contributed by atoms with van der Waals surface area (Å²) in [5.74, 6) is -0.396. The molecule has 170 valence electrons. The van der Waals surface area contributed by atoms with Crippen molar-refractivity contribution >= 4 is 24.0 Å². The molecule has 0 aliphatic carbocycles. The second kappa shape index (κ2) is 9.75. The van der Waals surface area contributed by atoms with Gasteiger partial charge in [-0.05, 0) is 42.0 Å². The first-order chi connectivity index (χ1) is 16.5. The highest BCUT2D eigenvalue weighted by Gasteiger charge is 2.34. The van der Waals surface area contributed by atoms with Crippen LogP contribution >= 0.6 is 0 Å². The van der Waals surface area contributed by atoms with Crippen molar-refractivity contribution in [3.8, 4) is 11.8 Å². The fourth-order valence-electron chi connectivity index (χ4n) is 3.32.